The lowest BCUT2D eigenvalue weighted by Crippen LogP contribution is -2.42. The monoisotopic (exact) mass is 354 g/mol. The molecular formula is C16H22N2O5S. The van der Waals surface area contributed by atoms with E-state index in [1.807, 2.05) is 13.8 Å². The van der Waals surface area contributed by atoms with Gasteiger partial charge in [0.15, 0.2) is 0 Å². The molecule has 1 aliphatic heterocycles. The van der Waals surface area contributed by atoms with Gasteiger partial charge in [0.2, 0.25) is 15.9 Å². The molecule has 132 valence electrons. The quantitative estimate of drug-likeness (QED) is 0.753. The fraction of sp³-hybridized carbons (Fsp3) is 0.500. The van der Waals surface area contributed by atoms with Gasteiger partial charge < -0.3 is 10.1 Å². The summed E-state index contributed by atoms with van der Waals surface area (Å²) in [5, 5.41) is 2.70. The zero-order valence-corrected chi connectivity index (χ0v) is 14.8. The van der Waals surface area contributed by atoms with E-state index in [0.29, 0.717) is 24.9 Å². The molecule has 0 aromatic heterocycles. The Labute approximate surface area is 141 Å². The van der Waals surface area contributed by atoms with E-state index in [0.717, 1.165) is 5.56 Å². The van der Waals surface area contributed by atoms with Gasteiger partial charge in [0.25, 0.3) is 0 Å². The Kier molecular flexibility index (Phi) is 5.61. The van der Waals surface area contributed by atoms with Crippen molar-refractivity contribution in [3.63, 3.8) is 0 Å². The van der Waals surface area contributed by atoms with Gasteiger partial charge in [-0.05, 0) is 42.5 Å². The van der Waals surface area contributed by atoms with E-state index in [2.05, 4.69) is 14.8 Å². The van der Waals surface area contributed by atoms with Crippen molar-refractivity contribution in [2.24, 2.45) is 5.92 Å². The molecule has 1 aromatic carbocycles. The molecule has 1 heterocycles. The lowest BCUT2D eigenvalue weighted by Gasteiger charge is -2.20. The van der Waals surface area contributed by atoms with Crippen molar-refractivity contribution in [2.75, 3.05) is 12.4 Å². The maximum absolute atomic E-state index is 12.6. The van der Waals surface area contributed by atoms with E-state index in [4.69, 9.17) is 0 Å². The lowest BCUT2D eigenvalue weighted by molar-refractivity contribution is -0.143. The molecule has 0 radical (unpaired) electrons. The van der Waals surface area contributed by atoms with Crippen molar-refractivity contribution in [1.29, 1.82) is 0 Å². The normalized spacial score (nSPS) is 15.6. The van der Waals surface area contributed by atoms with Crippen molar-refractivity contribution in [3.8, 4) is 0 Å². The molecule has 1 amide bonds. The Bertz CT molecular complexity index is 743. The van der Waals surface area contributed by atoms with Gasteiger partial charge in [-0.3, -0.25) is 9.59 Å². The van der Waals surface area contributed by atoms with Crippen LogP contribution in [0, 0.1) is 5.92 Å². The summed E-state index contributed by atoms with van der Waals surface area (Å²) in [5.74, 6) is -0.577. The standard InChI is InChI=1S/C16H22N2O5S/c1-10(2)8-14(16(20)23-3)18-24(21,22)12-5-6-13-11(9-12)4-7-15(19)17-13/h5-6,9-10,14,18H,4,7-8H2,1-3H3,(H,17,19)/t14-/m1/s1. The fourth-order valence-corrected chi connectivity index (χ4v) is 3.84. The number of sulfonamides is 1. The molecule has 0 fully saturated rings. The van der Waals surface area contributed by atoms with Gasteiger partial charge in [-0.1, -0.05) is 13.8 Å². The van der Waals surface area contributed by atoms with Crippen LogP contribution in [0.2, 0.25) is 0 Å². The molecule has 0 unspecified atom stereocenters. The van der Waals surface area contributed by atoms with Gasteiger partial charge in [-0.2, -0.15) is 4.72 Å². The van der Waals surface area contributed by atoms with E-state index >= 15 is 0 Å². The van der Waals surface area contributed by atoms with E-state index in [1.165, 1.54) is 19.2 Å². The van der Waals surface area contributed by atoms with Crippen LogP contribution in [0.3, 0.4) is 0 Å². The number of ether oxygens (including phenoxy) is 1. The van der Waals surface area contributed by atoms with Crippen LogP contribution in [0.25, 0.3) is 0 Å². The van der Waals surface area contributed by atoms with Gasteiger partial charge in [0.05, 0.1) is 12.0 Å². The summed E-state index contributed by atoms with van der Waals surface area (Å²) in [7, 11) is -2.64. The smallest absolute Gasteiger partial charge is 0.323 e. The molecule has 0 saturated carbocycles. The first-order valence-electron chi connectivity index (χ1n) is 7.76. The van der Waals surface area contributed by atoms with Crippen LogP contribution in [0.5, 0.6) is 0 Å². The number of esters is 1. The second-order valence-corrected chi connectivity index (χ2v) is 7.91. The first-order valence-corrected chi connectivity index (χ1v) is 9.24. The molecule has 8 heteroatoms. The first-order chi connectivity index (χ1) is 11.2. The highest BCUT2D eigenvalue weighted by molar-refractivity contribution is 7.89. The number of benzene rings is 1. The van der Waals surface area contributed by atoms with Crippen LogP contribution in [0.15, 0.2) is 23.1 Å². The number of nitrogens with one attached hydrogen (secondary N) is 2. The molecule has 1 aromatic rings. The lowest BCUT2D eigenvalue weighted by atomic mass is 10.0. The number of aryl methyl sites for hydroxylation is 1. The summed E-state index contributed by atoms with van der Waals surface area (Å²) in [6.07, 6.45) is 1.14. The Balaban J connectivity index is 2.26. The number of methoxy groups -OCH3 is 1. The fourth-order valence-electron chi connectivity index (χ4n) is 2.59. The Morgan fingerprint density at radius 3 is 2.67 bits per heavy atom. The molecule has 2 N–H and O–H groups in total. The molecule has 24 heavy (non-hydrogen) atoms. The average Bonchev–Trinajstić information content (AvgIpc) is 2.52. The number of anilines is 1. The van der Waals surface area contributed by atoms with Crippen molar-refractivity contribution in [3.05, 3.63) is 23.8 Å². The summed E-state index contributed by atoms with van der Waals surface area (Å²) in [4.78, 5) is 23.3. The van der Waals surface area contributed by atoms with Gasteiger partial charge in [-0.25, -0.2) is 8.42 Å². The highest BCUT2D eigenvalue weighted by atomic mass is 32.2. The van der Waals surface area contributed by atoms with Gasteiger partial charge in [0, 0.05) is 12.1 Å². The zero-order chi connectivity index (χ0) is 17.9. The molecule has 0 spiro atoms. The van der Waals surface area contributed by atoms with Crippen molar-refractivity contribution in [2.45, 2.75) is 44.0 Å². The number of rotatable bonds is 6. The summed E-state index contributed by atoms with van der Waals surface area (Å²) in [5.41, 5.74) is 1.38. The minimum atomic E-state index is -3.87. The number of amides is 1. The SMILES string of the molecule is COC(=O)[C@@H](CC(C)C)NS(=O)(=O)c1ccc2c(c1)CCC(=O)N2. The van der Waals surface area contributed by atoms with Crippen LogP contribution in [-0.2, 0) is 30.8 Å². The Morgan fingerprint density at radius 1 is 1.33 bits per heavy atom. The van der Waals surface area contributed by atoms with Crippen LogP contribution in [0.1, 0.15) is 32.3 Å². The Hall–Kier alpha value is -1.93. The highest BCUT2D eigenvalue weighted by Crippen LogP contribution is 2.25. The number of hydrogen-bond acceptors (Lipinski definition) is 5. The molecule has 7 nitrogen and oxygen atoms in total. The van der Waals surface area contributed by atoms with Crippen LogP contribution in [-0.4, -0.2) is 33.4 Å². The molecule has 1 aliphatic rings. The minimum Gasteiger partial charge on any atom is -0.468 e. The number of fused-ring (bicyclic) bond motifs is 1. The van der Waals surface area contributed by atoms with Crippen LogP contribution >= 0.6 is 0 Å². The maximum atomic E-state index is 12.6. The first kappa shape index (κ1) is 18.4. The van der Waals surface area contributed by atoms with Gasteiger partial charge in [-0.15, -0.1) is 0 Å². The van der Waals surface area contributed by atoms with Crippen molar-refractivity contribution in [1.82, 2.24) is 4.72 Å². The van der Waals surface area contributed by atoms with Crippen molar-refractivity contribution < 1.29 is 22.7 Å². The van der Waals surface area contributed by atoms with Gasteiger partial charge in [0.1, 0.15) is 6.04 Å². The van der Waals surface area contributed by atoms with Crippen molar-refractivity contribution >= 4 is 27.6 Å². The third kappa shape index (κ3) is 4.33. The number of hydrogen-bond donors (Lipinski definition) is 2. The molecule has 0 bridgehead atoms. The molecule has 1 atom stereocenters. The van der Waals surface area contributed by atoms with Crippen LogP contribution < -0.4 is 10.0 Å². The van der Waals surface area contributed by atoms with E-state index in [1.54, 1.807) is 6.07 Å². The van der Waals surface area contributed by atoms with E-state index in [9.17, 15) is 18.0 Å². The summed E-state index contributed by atoms with van der Waals surface area (Å²) in [6, 6.07) is 3.57. The second-order valence-electron chi connectivity index (χ2n) is 6.19. The summed E-state index contributed by atoms with van der Waals surface area (Å²) >= 11 is 0. The predicted octanol–water partition coefficient (Wildman–Crippen LogP) is 1.44. The van der Waals surface area contributed by atoms with E-state index in [-0.39, 0.29) is 16.7 Å². The molecule has 0 aliphatic carbocycles. The molecular weight excluding hydrogens is 332 g/mol. The number of carbonyl (C=O) groups excluding carboxylic acids is 2. The Morgan fingerprint density at radius 2 is 2.04 bits per heavy atom. The second kappa shape index (κ2) is 7.31. The predicted molar refractivity (Wildman–Crippen MR) is 89.0 cm³/mol. The summed E-state index contributed by atoms with van der Waals surface area (Å²) < 4.78 is 32.3. The molecule has 0 saturated heterocycles. The minimum absolute atomic E-state index is 0.0649. The highest BCUT2D eigenvalue weighted by Gasteiger charge is 2.28. The molecule has 2 rings (SSSR count). The summed E-state index contributed by atoms with van der Waals surface area (Å²) in [6.45, 7) is 3.79. The van der Waals surface area contributed by atoms with Gasteiger partial charge >= 0.3 is 5.97 Å². The zero-order valence-electron chi connectivity index (χ0n) is 14.0. The topological polar surface area (TPSA) is 102 Å². The number of carbonyl (C=O) groups is 2. The largest absolute Gasteiger partial charge is 0.468 e. The third-order valence-electron chi connectivity index (χ3n) is 3.77. The third-order valence-corrected chi connectivity index (χ3v) is 5.24. The maximum Gasteiger partial charge on any atom is 0.323 e. The van der Waals surface area contributed by atoms with Crippen LogP contribution in [0.4, 0.5) is 5.69 Å². The average molecular weight is 354 g/mol. The van der Waals surface area contributed by atoms with E-state index < -0.39 is 22.0 Å².